The lowest BCUT2D eigenvalue weighted by Crippen LogP contribution is -1.98. The molecule has 4 rings (SSSR count). The van der Waals surface area contributed by atoms with Crippen LogP contribution < -0.4 is 5.32 Å². The molecule has 26 heavy (non-hydrogen) atoms. The molecule has 4 aromatic rings. The van der Waals surface area contributed by atoms with Crippen molar-refractivity contribution in [2.24, 2.45) is 0 Å². The number of aromatic nitrogens is 3. The third-order valence-electron chi connectivity index (χ3n) is 3.70. The van der Waals surface area contributed by atoms with E-state index >= 15 is 0 Å². The molecule has 0 spiro atoms. The van der Waals surface area contributed by atoms with Gasteiger partial charge in [-0.3, -0.25) is 4.79 Å². The fraction of sp³-hybridized carbons (Fsp3) is 0.0526. The van der Waals surface area contributed by atoms with Crippen molar-refractivity contribution in [1.82, 2.24) is 15.0 Å². The molecule has 0 unspecified atom stereocenters. The summed E-state index contributed by atoms with van der Waals surface area (Å²) in [5.41, 5.74) is 3.31. The highest BCUT2D eigenvalue weighted by Crippen LogP contribution is 2.29. The molecule has 0 radical (unpaired) electrons. The van der Waals surface area contributed by atoms with E-state index in [2.05, 4.69) is 20.3 Å². The van der Waals surface area contributed by atoms with Crippen LogP contribution in [0.15, 0.2) is 55.0 Å². The van der Waals surface area contributed by atoms with Crippen molar-refractivity contribution in [1.29, 1.82) is 0 Å². The van der Waals surface area contributed by atoms with E-state index in [1.54, 1.807) is 18.3 Å². The number of benzene rings is 2. The lowest BCUT2D eigenvalue weighted by Gasteiger charge is -2.11. The minimum atomic E-state index is -0.300. The summed E-state index contributed by atoms with van der Waals surface area (Å²) >= 11 is 0. The second-order valence-corrected chi connectivity index (χ2v) is 5.51. The van der Waals surface area contributed by atoms with Crippen LogP contribution in [0.25, 0.3) is 21.8 Å². The molecule has 2 aromatic carbocycles. The van der Waals surface area contributed by atoms with Crippen LogP contribution in [0.2, 0.25) is 0 Å². The summed E-state index contributed by atoms with van der Waals surface area (Å²) in [5.74, 6) is 0.289. The maximum absolute atomic E-state index is 13.4. The molecular formula is C19H15FN4O2. The number of halogens is 1. The van der Waals surface area contributed by atoms with Crippen LogP contribution in [0.1, 0.15) is 5.56 Å². The van der Waals surface area contributed by atoms with E-state index < -0.39 is 0 Å². The Kier molecular flexibility index (Phi) is 4.98. The molecule has 0 aliphatic heterocycles. The van der Waals surface area contributed by atoms with Gasteiger partial charge in [-0.15, -0.1) is 0 Å². The average molecular weight is 350 g/mol. The smallest absolute Gasteiger partial charge is 0.290 e. The number of carbonyl (C=O) groups is 1. The van der Waals surface area contributed by atoms with Crippen LogP contribution in [-0.4, -0.2) is 26.5 Å². The van der Waals surface area contributed by atoms with Crippen molar-refractivity contribution in [3.05, 3.63) is 66.4 Å². The van der Waals surface area contributed by atoms with Crippen LogP contribution in [0.3, 0.4) is 0 Å². The summed E-state index contributed by atoms with van der Waals surface area (Å²) in [7, 11) is 0. The van der Waals surface area contributed by atoms with Gasteiger partial charge in [0.25, 0.3) is 6.47 Å². The molecule has 7 heteroatoms. The summed E-state index contributed by atoms with van der Waals surface area (Å²) in [6.07, 6.45) is 3.26. The molecule has 0 bridgehead atoms. The number of hydrogen-bond donors (Lipinski definition) is 2. The summed E-state index contributed by atoms with van der Waals surface area (Å²) in [4.78, 5) is 21.5. The molecule has 0 fully saturated rings. The molecular weight excluding hydrogens is 335 g/mol. The topological polar surface area (TPSA) is 88.0 Å². The van der Waals surface area contributed by atoms with E-state index in [1.165, 1.54) is 18.5 Å². The van der Waals surface area contributed by atoms with Gasteiger partial charge < -0.3 is 10.4 Å². The highest BCUT2D eigenvalue weighted by atomic mass is 19.1. The second-order valence-electron chi connectivity index (χ2n) is 5.51. The summed E-state index contributed by atoms with van der Waals surface area (Å²) in [6.45, 7) is 1.77. The first-order valence-corrected chi connectivity index (χ1v) is 7.73. The Labute approximate surface area is 148 Å². The van der Waals surface area contributed by atoms with E-state index in [9.17, 15) is 4.39 Å². The Hall–Kier alpha value is -3.61. The van der Waals surface area contributed by atoms with E-state index in [0.29, 0.717) is 17.0 Å². The first-order valence-electron chi connectivity index (χ1n) is 7.73. The Balaban J connectivity index is 0.000000613. The van der Waals surface area contributed by atoms with Crippen molar-refractivity contribution in [2.45, 2.75) is 6.92 Å². The standard InChI is InChI=1S/C18H13FN4.CH2O2/c1-11-5-6-14-15-9-20-10-21-17(15)18(23-16(14)7-11)22-13-4-2-3-12(19)8-13;2-1-3/h2-10H,1H3,(H,22,23);1H,(H,2,3). The number of rotatable bonds is 2. The van der Waals surface area contributed by atoms with Crippen LogP contribution >= 0.6 is 0 Å². The predicted octanol–water partition coefficient (Wildman–Crippen LogP) is 4.07. The zero-order valence-corrected chi connectivity index (χ0v) is 13.8. The van der Waals surface area contributed by atoms with Gasteiger partial charge in [0.15, 0.2) is 5.82 Å². The molecule has 0 aliphatic carbocycles. The maximum atomic E-state index is 13.4. The Morgan fingerprint density at radius 3 is 2.73 bits per heavy atom. The van der Waals surface area contributed by atoms with Gasteiger partial charge in [-0.05, 0) is 36.8 Å². The Morgan fingerprint density at radius 2 is 1.96 bits per heavy atom. The Morgan fingerprint density at radius 1 is 1.15 bits per heavy atom. The summed E-state index contributed by atoms with van der Waals surface area (Å²) in [6, 6.07) is 12.3. The van der Waals surface area contributed by atoms with Gasteiger partial charge in [0.05, 0.1) is 5.52 Å². The van der Waals surface area contributed by atoms with Crippen LogP contribution in [0, 0.1) is 12.7 Å². The first-order chi connectivity index (χ1) is 12.6. The number of nitrogens with one attached hydrogen (secondary N) is 1. The molecule has 2 heterocycles. The number of pyridine rings is 1. The van der Waals surface area contributed by atoms with Crippen molar-refractivity contribution in [3.8, 4) is 0 Å². The van der Waals surface area contributed by atoms with Gasteiger partial charge in [-0.25, -0.2) is 19.3 Å². The quantitative estimate of drug-likeness (QED) is 0.418. The van der Waals surface area contributed by atoms with E-state index in [-0.39, 0.29) is 12.3 Å². The van der Waals surface area contributed by atoms with E-state index in [1.807, 2.05) is 25.1 Å². The predicted molar refractivity (Wildman–Crippen MR) is 98.0 cm³/mol. The molecule has 130 valence electrons. The van der Waals surface area contributed by atoms with Crippen molar-refractivity contribution in [2.75, 3.05) is 5.32 Å². The number of hydrogen-bond acceptors (Lipinski definition) is 5. The highest BCUT2D eigenvalue weighted by Gasteiger charge is 2.10. The zero-order chi connectivity index (χ0) is 18.5. The summed E-state index contributed by atoms with van der Waals surface area (Å²) < 4.78 is 13.4. The van der Waals surface area contributed by atoms with Crippen molar-refractivity contribution in [3.63, 3.8) is 0 Å². The fourth-order valence-electron chi connectivity index (χ4n) is 2.64. The molecule has 0 saturated heterocycles. The van der Waals surface area contributed by atoms with E-state index in [4.69, 9.17) is 9.90 Å². The normalized spacial score (nSPS) is 10.2. The fourth-order valence-corrected chi connectivity index (χ4v) is 2.64. The molecule has 0 aliphatic rings. The molecule has 0 saturated carbocycles. The zero-order valence-electron chi connectivity index (χ0n) is 13.8. The largest absolute Gasteiger partial charge is 0.483 e. The molecule has 0 atom stereocenters. The third-order valence-corrected chi connectivity index (χ3v) is 3.70. The van der Waals surface area contributed by atoms with E-state index in [0.717, 1.165) is 21.9 Å². The van der Waals surface area contributed by atoms with Crippen LogP contribution in [-0.2, 0) is 4.79 Å². The van der Waals surface area contributed by atoms with Crippen LogP contribution in [0.4, 0.5) is 15.9 Å². The van der Waals surface area contributed by atoms with Gasteiger partial charge in [-0.2, -0.15) is 0 Å². The number of fused-ring (bicyclic) bond motifs is 3. The highest BCUT2D eigenvalue weighted by molar-refractivity contribution is 6.08. The van der Waals surface area contributed by atoms with Gasteiger partial charge in [-0.1, -0.05) is 18.2 Å². The molecule has 0 amide bonds. The van der Waals surface area contributed by atoms with Gasteiger partial charge >= 0.3 is 0 Å². The lowest BCUT2D eigenvalue weighted by atomic mass is 10.1. The van der Waals surface area contributed by atoms with Gasteiger partial charge in [0.1, 0.15) is 17.7 Å². The molecule has 2 aromatic heterocycles. The van der Waals surface area contributed by atoms with Crippen LogP contribution in [0.5, 0.6) is 0 Å². The number of nitrogens with zero attached hydrogens (tertiary/aromatic N) is 3. The monoisotopic (exact) mass is 350 g/mol. The minimum Gasteiger partial charge on any atom is -0.483 e. The average Bonchev–Trinajstić information content (AvgIpc) is 2.62. The third kappa shape index (κ3) is 3.56. The number of aryl methyl sites for hydroxylation is 1. The molecule has 6 nitrogen and oxygen atoms in total. The summed E-state index contributed by atoms with van der Waals surface area (Å²) in [5, 5.41) is 12.0. The Bertz CT molecular complexity index is 1090. The minimum absolute atomic E-state index is 0.250. The lowest BCUT2D eigenvalue weighted by molar-refractivity contribution is -0.122. The number of anilines is 2. The SMILES string of the molecule is Cc1ccc2c(c1)nc(Nc1cccc(F)c1)c1ncncc12.O=CO. The number of carboxylic acid groups (broad SMARTS) is 1. The van der Waals surface area contributed by atoms with Crippen molar-refractivity contribution >= 4 is 39.8 Å². The second kappa shape index (κ2) is 7.52. The van der Waals surface area contributed by atoms with Gasteiger partial charge in [0.2, 0.25) is 0 Å². The first kappa shape index (κ1) is 17.2. The maximum Gasteiger partial charge on any atom is 0.290 e. The van der Waals surface area contributed by atoms with Gasteiger partial charge in [0, 0.05) is 22.7 Å². The van der Waals surface area contributed by atoms with Crippen molar-refractivity contribution < 1.29 is 14.3 Å². The molecule has 2 N–H and O–H groups in total.